The molecule has 1 saturated carbocycles. The van der Waals surface area contributed by atoms with Gasteiger partial charge in [0.2, 0.25) is 5.91 Å². The van der Waals surface area contributed by atoms with Crippen molar-refractivity contribution in [2.45, 2.75) is 98.5 Å². The minimum atomic E-state index is -0.352. The van der Waals surface area contributed by atoms with Gasteiger partial charge in [-0.2, -0.15) is 0 Å². The number of carbonyl (C=O) groups is 2. The van der Waals surface area contributed by atoms with Gasteiger partial charge in [0.25, 0.3) is 0 Å². The molecule has 1 aliphatic carbocycles. The Morgan fingerprint density at radius 1 is 1.05 bits per heavy atom. The highest BCUT2D eigenvalue weighted by molar-refractivity contribution is 6.04. The predicted octanol–water partition coefficient (Wildman–Crippen LogP) is 8.64. The first-order chi connectivity index (χ1) is 19.5. The summed E-state index contributed by atoms with van der Waals surface area (Å²) < 4.78 is 10.5. The van der Waals surface area contributed by atoms with Crippen LogP contribution in [0.1, 0.15) is 107 Å². The summed E-state index contributed by atoms with van der Waals surface area (Å²) in [7, 11) is 3.49. The van der Waals surface area contributed by atoms with E-state index in [0.29, 0.717) is 17.8 Å². The lowest BCUT2D eigenvalue weighted by Gasteiger charge is -2.26. The molecule has 0 atom stereocenters. The van der Waals surface area contributed by atoms with Gasteiger partial charge in [0.15, 0.2) is 0 Å². The molecule has 0 spiro atoms. The summed E-state index contributed by atoms with van der Waals surface area (Å²) in [4.78, 5) is 30.8. The maximum absolute atomic E-state index is 12.7. The zero-order valence-corrected chi connectivity index (χ0v) is 26.3. The molecule has 0 radical (unpaired) electrons. The first kappa shape index (κ1) is 32.1. The quantitative estimate of drug-likeness (QED) is 0.258. The molecule has 0 N–H and O–H groups in total. The van der Waals surface area contributed by atoms with Crippen molar-refractivity contribution in [3.8, 4) is 5.75 Å². The topological polar surface area (TPSA) is 68.7 Å². The van der Waals surface area contributed by atoms with Gasteiger partial charge in [-0.1, -0.05) is 58.6 Å². The number of hydrogen-bond acceptors (Lipinski definition) is 5. The van der Waals surface area contributed by atoms with Crippen molar-refractivity contribution >= 4 is 28.5 Å². The van der Waals surface area contributed by atoms with Crippen molar-refractivity contribution < 1.29 is 19.1 Å². The molecule has 0 aliphatic heterocycles. The average molecular weight is 561 g/mol. The summed E-state index contributed by atoms with van der Waals surface area (Å²) in [6.45, 7) is 12.0. The Morgan fingerprint density at radius 3 is 2.37 bits per heavy atom. The molecule has 6 nitrogen and oxygen atoms in total. The van der Waals surface area contributed by atoms with Gasteiger partial charge in [0.1, 0.15) is 11.6 Å². The van der Waals surface area contributed by atoms with E-state index in [9.17, 15) is 9.59 Å². The lowest BCUT2D eigenvalue weighted by atomic mass is 9.83. The molecule has 4 rings (SSSR count). The molecule has 1 heterocycles. The van der Waals surface area contributed by atoms with Crippen LogP contribution in [0.25, 0.3) is 10.8 Å². The third-order valence-corrected chi connectivity index (χ3v) is 8.10. The standard InChI is InChI=1S/C21H28N2O3.C14H20O/c1-7-21(4,5)13-18(24)23(6)19-17-9-8-16(20(25)26-14(2)3)12-15(17)10-11-22-19;1-11-10-13(8-9-14(11)15-2)12-6-4-3-5-7-12/h8-12,14H,7,13H2,1-6H3;8-10,12H,3-7H2,1-2H3. The van der Waals surface area contributed by atoms with Gasteiger partial charge in [0, 0.05) is 25.1 Å². The van der Waals surface area contributed by atoms with E-state index >= 15 is 0 Å². The van der Waals surface area contributed by atoms with Gasteiger partial charge < -0.3 is 9.47 Å². The number of benzene rings is 2. The second kappa shape index (κ2) is 14.5. The molecule has 1 amide bonds. The van der Waals surface area contributed by atoms with Crippen LogP contribution in [0.15, 0.2) is 48.7 Å². The predicted molar refractivity (Wildman–Crippen MR) is 168 cm³/mol. The van der Waals surface area contributed by atoms with Gasteiger partial charge in [-0.15, -0.1) is 0 Å². The highest BCUT2D eigenvalue weighted by Gasteiger charge is 2.24. The van der Waals surface area contributed by atoms with E-state index in [1.807, 2.05) is 26.0 Å². The van der Waals surface area contributed by atoms with Crippen LogP contribution in [0, 0.1) is 12.3 Å². The van der Waals surface area contributed by atoms with Gasteiger partial charge in [-0.05, 0) is 91.8 Å². The van der Waals surface area contributed by atoms with E-state index < -0.39 is 0 Å². The molecule has 2 aromatic carbocycles. The summed E-state index contributed by atoms with van der Waals surface area (Å²) >= 11 is 0. The Morgan fingerprint density at radius 2 is 1.76 bits per heavy atom. The highest BCUT2D eigenvalue weighted by Crippen LogP contribution is 2.34. The van der Waals surface area contributed by atoms with Gasteiger partial charge in [-0.25, -0.2) is 9.78 Å². The summed E-state index contributed by atoms with van der Waals surface area (Å²) in [5, 5.41) is 1.68. The van der Waals surface area contributed by atoms with E-state index in [-0.39, 0.29) is 23.4 Å². The molecule has 6 heteroatoms. The van der Waals surface area contributed by atoms with Crippen molar-refractivity contribution in [2.24, 2.45) is 5.41 Å². The number of methoxy groups -OCH3 is 1. The highest BCUT2D eigenvalue weighted by atomic mass is 16.5. The molecule has 0 bridgehead atoms. The van der Waals surface area contributed by atoms with Crippen LogP contribution in [-0.2, 0) is 9.53 Å². The number of fused-ring (bicyclic) bond motifs is 1. The lowest BCUT2D eigenvalue weighted by molar-refractivity contribution is -0.120. The summed E-state index contributed by atoms with van der Waals surface area (Å²) in [5.74, 6) is 2.08. The van der Waals surface area contributed by atoms with E-state index in [0.717, 1.165) is 28.9 Å². The number of carbonyl (C=O) groups excluding carboxylic acids is 2. The van der Waals surface area contributed by atoms with Gasteiger partial charge in [0.05, 0.1) is 18.8 Å². The number of aromatic nitrogens is 1. The third kappa shape index (κ3) is 8.79. The average Bonchev–Trinajstić information content (AvgIpc) is 2.96. The van der Waals surface area contributed by atoms with Crippen molar-refractivity contribution in [2.75, 3.05) is 19.1 Å². The minimum Gasteiger partial charge on any atom is -0.496 e. The second-order valence-electron chi connectivity index (χ2n) is 12.2. The zero-order valence-electron chi connectivity index (χ0n) is 26.3. The third-order valence-electron chi connectivity index (χ3n) is 8.10. The summed E-state index contributed by atoms with van der Waals surface area (Å²) in [6.07, 6.45) is 9.82. The maximum atomic E-state index is 12.7. The smallest absolute Gasteiger partial charge is 0.338 e. The fourth-order valence-corrected chi connectivity index (χ4v) is 5.20. The first-order valence-corrected chi connectivity index (χ1v) is 15.0. The number of nitrogens with zero attached hydrogens (tertiary/aromatic N) is 2. The molecule has 0 saturated heterocycles. The Hall–Kier alpha value is -3.41. The normalized spacial score (nSPS) is 13.9. The largest absolute Gasteiger partial charge is 0.496 e. The number of hydrogen-bond donors (Lipinski definition) is 0. The van der Waals surface area contributed by atoms with Crippen LogP contribution in [0.2, 0.25) is 0 Å². The monoisotopic (exact) mass is 560 g/mol. The molecule has 1 aliphatic rings. The molecule has 222 valence electrons. The van der Waals surface area contributed by atoms with Crippen LogP contribution in [0.3, 0.4) is 0 Å². The summed E-state index contributed by atoms with van der Waals surface area (Å²) in [6, 6.07) is 13.8. The molecule has 0 unspecified atom stereocenters. The summed E-state index contributed by atoms with van der Waals surface area (Å²) in [5.41, 5.74) is 3.21. The van der Waals surface area contributed by atoms with Crippen LogP contribution in [0.4, 0.5) is 5.82 Å². The van der Waals surface area contributed by atoms with Gasteiger partial charge >= 0.3 is 5.97 Å². The Balaban J connectivity index is 0.000000260. The van der Waals surface area contributed by atoms with Crippen LogP contribution in [-0.4, -0.2) is 37.1 Å². The molecular formula is C35H48N2O4. The minimum absolute atomic E-state index is 0.0279. The Kier molecular flexibility index (Phi) is 11.3. The van der Waals surface area contributed by atoms with Crippen molar-refractivity contribution in [1.29, 1.82) is 0 Å². The van der Waals surface area contributed by atoms with Gasteiger partial charge in [-0.3, -0.25) is 9.69 Å². The van der Waals surface area contributed by atoms with E-state index in [4.69, 9.17) is 9.47 Å². The van der Waals surface area contributed by atoms with E-state index in [1.165, 1.54) is 43.2 Å². The van der Waals surface area contributed by atoms with Crippen molar-refractivity contribution in [1.82, 2.24) is 4.98 Å². The Labute approximate surface area is 246 Å². The number of ether oxygens (including phenoxy) is 2. The zero-order chi connectivity index (χ0) is 30.2. The van der Waals surface area contributed by atoms with Crippen LogP contribution in [0.5, 0.6) is 5.75 Å². The molecule has 1 aromatic heterocycles. The number of anilines is 1. The Bertz CT molecular complexity index is 1320. The fraction of sp³-hybridized carbons (Fsp3) is 0.514. The number of esters is 1. The van der Waals surface area contributed by atoms with E-state index in [2.05, 4.69) is 50.9 Å². The van der Waals surface area contributed by atoms with Crippen LogP contribution >= 0.6 is 0 Å². The molecule has 3 aromatic rings. The van der Waals surface area contributed by atoms with Crippen LogP contribution < -0.4 is 9.64 Å². The number of aryl methyl sites for hydroxylation is 1. The van der Waals surface area contributed by atoms with Crippen molar-refractivity contribution in [3.63, 3.8) is 0 Å². The second-order valence-corrected chi connectivity index (χ2v) is 12.2. The SMILES string of the molecule is CCC(C)(C)CC(=O)N(C)c1nccc2cc(C(=O)OC(C)C)ccc12.COc1ccc(C2CCCCC2)cc1C. The molecule has 41 heavy (non-hydrogen) atoms. The first-order valence-electron chi connectivity index (χ1n) is 15.0. The lowest BCUT2D eigenvalue weighted by Crippen LogP contribution is -2.31. The number of amides is 1. The maximum Gasteiger partial charge on any atom is 0.338 e. The molecule has 1 fully saturated rings. The van der Waals surface area contributed by atoms with E-state index in [1.54, 1.807) is 37.4 Å². The molecular weight excluding hydrogens is 512 g/mol. The number of rotatable bonds is 8. The number of pyridine rings is 1. The fourth-order valence-electron chi connectivity index (χ4n) is 5.20. The van der Waals surface area contributed by atoms with Crippen molar-refractivity contribution in [3.05, 3.63) is 65.4 Å².